The monoisotopic (exact) mass is 455 g/mol. The Labute approximate surface area is 199 Å². The number of ether oxygens (including phenoxy) is 2. The highest BCUT2D eigenvalue weighted by Gasteiger charge is 2.29. The second kappa shape index (κ2) is 10.6. The molecule has 0 N–H and O–H groups in total. The van der Waals surface area contributed by atoms with Crippen molar-refractivity contribution in [3.63, 3.8) is 0 Å². The van der Waals surface area contributed by atoms with Gasteiger partial charge in [-0.3, -0.25) is 9.69 Å². The quantitative estimate of drug-likeness (QED) is 0.619. The molecule has 3 fully saturated rings. The number of likely N-dealkylation sites (tertiary alicyclic amines) is 1. The van der Waals surface area contributed by atoms with Crippen molar-refractivity contribution in [3.8, 4) is 11.5 Å². The van der Waals surface area contributed by atoms with Gasteiger partial charge in [-0.2, -0.15) is 0 Å². The van der Waals surface area contributed by atoms with E-state index in [1.807, 2.05) is 6.07 Å². The van der Waals surface area contributed by atoms with Crippen LogP contribution in [0.25, 0.3) is 0 Å². The molecule has 1 aromatic carbocycles. The van der Waals surface area contributed by atoms with Crippen LogP contribution < -0.4 is 14.4 Å². The summed E-state index contributed by atoms with van der Waals surface area (Å²) in [7, 11) is 2.17. The van der Waals surface area contributed by atoms with Crippen LogP contribution in [0.1, 0.15) is 51.4 Å². The predicted octanol–water partition coefficient (Wildman–Crippen LogP) is 4.03. The smallest absolute Gasteiger partial charge is 0.231 e. The van der Waals surface area contributed by atoms with Gasteiger partial charge in [0.15, 0.2) is 11.5 Å². The van der Waals surface area contributed by atoms with E-state index >= 15 is 0 Å². The van der Waals surface area contributed by atoms with E-state index in [1.54, 1.807) is 0 Å². The second-order valence-electron chi connectivity index (χ2n) is 10.8. The molecular formula is C27H41N3O3. The Hall–Kier alpha value is -1.79. The first-order valence-electron chi connectivity index (χ1n) is 13.2. The lowest BCUT2D eigenvalue weighted by Crippen LogP contribution is -2.47. The maximum absolute atomic E-state index is 12.7. The maximum atomic E-state index is 12.7. The fourth-order valence-corrected chi connectivity index (χ4v) is 6.25. The second-order valence-corrected chi connectivity index (χ2v) is 10.8. The number of para-hydroxylation sites is 1. The molecule has 0 bridgehead atoms. The number of anilines is 1. The molecule has 182 valence electrons. The molecule has 0 spiro atoms. The van der Waals surface area contributed by atoms with E-state index in [2.05, 4.69) is 33.9 Å². The lowest BCUT2D eigenvalue weighted by molar-refractivity contribution is -0.125. The molecule has 3 aliphatic heterocycles. The van der Waals surface area contributed by atoms with Crippen molar-refractivity contribution in [3.05, 3.63) is 18.2 Å². The Kier molecular flexibility index (Phi) is 7.41. The molecule has 0 atom stereocenters. The molecule has 6 nitrogen and oxygen atoms in total. The van der Waals surface area contributed by atoms with Crippen molar-refractivity contribution in [2.75, 3.05) is 64.6 Å². The molecule has 1 saturated carbocycles. The fourth-order valence-electron chi connectivity index (χ4n) is 6.25. The number of hydrogen-bond acceptors (Lipinski definition) is 6. The zero-order chi connectivity index (χ0) is 22.6. The van der Waals surface area contributed by atoms with Crippen LogP contribution in [-0.2, 0) is 4.79 Å². The van der Waals surface area contributed by atoms with Crippen molar-refractivity contribution in [1.29, 1.82) is 0 Å². The van der Waals surface area contributed by atoms with Crippen LogP contribution in [0.3, 0.4) is 0 Å². The molecule has 0 aromatic heterocycles. The van der Waals surface area contributed by atoms with Gasteiger partial charge in [0.2, 0.25) is 6.79 Å². The highest BCUT2D eigenvalue weighted by Crippen LogP contribution is 2.41. The van der Waals surface area contributed by atoms with Gasteiger partial charge in [0, 0.05) is 38.5 Å². The Bertz CT molecular complexity index is 792. The van der Waals surface area contributed by atoms with Crippen molar-refractivity contribution >= 4 is 11.5 Å². The number of ketones is 1. The van der Waals surface area contributed by atoms with Crippen LogP contribution in [0.5, 0.6) is 11.5 Å². The highest BCUT2D eigenvalue weighted by atomic mass is 16.7. The number of carbonyl (C=O) groups excluding carboxylic acids is 1. The molecule has 6 heteroatoms. The van der Waals surface area contributed by atoms with Crippen molar-refractivity contribution in [2.45, 2.75) is 51.4 Å². The van der Waals surface area contributed by atoms with Crippen LogP contribution in [-0.4, -0.2) is 75.2 Å². The van der Waals surface area contributed by atoms with Crippen molar-refractivity contribution in [1.82, 2.24) is 9.80 Å². The summed E-state index contributed by atoms with van der Waals surface area (Å²) in [5.41, 5.74) is 1.18. The van der Waals surface area contributed by atoms with E-state index in [9.17, 15) is 4.79 Å². The van der Waals surface area contributed by atoms with Crippen molar-refractivity contribution in [2.24, 2.45) is 17.8 Å². The van der Waals surface area contributed by atoms with Crippen molar-refractivity contribution < 1.29 is 14.3 Å². The van der Waals surface area contributed by atoms with E-state index < -0.39 is 0 Å². The summed E-state index contributed by atoms with van der Waals surface area (Å²) in [6, 6.07) is 6.20. The molecule has 33 heavy (non-hydrogen) atoms. The number of Topliss-reactive ketones (excluding diaryl/α,β-unsaturated/α-hetero) is 1. The number of carbonyl (C=O) groups is 1. The van der Waals surface area contributed by atoms with Gasteiger partial charge in [0.25, 0.3) is 0 Å². The molecule has 0 radical (unpaired) electrons. The van der Waals surface area contributed by atoms with E-state index in [-0.39, 0.29) is 0 Å². The van der Waals surface area contributed by atoms with E-state index in [0.717, 1.165) is 75.9 Å². The topological polar surface area (TPSA) is 45.3 Å². The third-order valence-corrected chi connectivity index (χ3v) is 8.57. The largest absolute Gasteiger partial charge is 0.454 e. The number of rotatable bonds is 7. The molecule has 3 heterocycles. The van der Waals surface area contributed by atoms with Crippen LogP contribution >= 0.6 is 0 Å². The van der Waals surface area contributed by atoms with Gasteiger partial charge < -0.3 is 19.3 Å². The zero-order valence-corrected chi connectivity index (χ0v) is 20.3. The van der Waals surface area contributed by atoms with Gasteiger partial charge in [-0.25, -0.2) is 0 Å². The molecule has 0 amide bonds. The fraction of sp³-hybridized carbons (Fsp3) is 0.741. The SMILES string of the molecule is CN1CCC(C(=O)CC2CCC(CCN3CCN(c4cccc5c4OCO5)CC3)CC2)CC1. The van der Waals surface area contributed by atoms with Crippen LogP contribution in [0.4, 0.5) is 5.69 Å². The summed E-state index contributed by atoms with van der Waals surface area (Å²) in [5.74, 6) is 4.19. The maximum Gasteiger partial charge on any atom is 0.231 e. The van der Waals surface area contributed by atoms with Gasteiger partial charge in [-0.15, -0.1) is 0 Å². The van der Waals surface area contributed by atoms with E-state index in [4.69, 9.17) is 9.47 Å². The van der Waals surface area contributed by atoms with E-state index in [0.29, 0.717) is 24.4 Å². The molecule has 0 unspecified atom stereocenters. The lowest BCUT2D eigenvalue weighted by atomic mass is 9.76. The molecule has 4 aliphatic rings. The third kappa shape index (κ3) is 5.65. The third-order valence-electron chi connectivity index (χ3n) is 8.57. The Morgan fingerprint density at radius 1 is 0.909 bits per heavy atom. The van der Waals surface area contributed by atoms with Gasteiger partial charge in [0.1, 0.15) is 5.78 Å². The van der Waals surface area contributed by atoms with Crippen LogP contribution in [0.15, 0.2) is 18.2 Å². The normalized spacial score (nSPS) is 27.1. The molecule has 5 rings (SSSR count). The van der Waals surface area contributed by atoms with Gasteiger partial charge >= 0.3 is 0 Å². The number of benzene rings is 1. The first-order chi connectivity index (χ1) is 16.2. The Morgan fingerprint density at radius 2 is 1.64 bits per heavy atom. The van der Waals surface area contributed by atoms with Crippen LogP contribution in [0, 0.1) is 17.8 Å². The summed E-state index contributed by atoms with van der Waals surface area (Å²) >= 11 is 0. The minimum Gasteiger partial charge on any atom is -0.454 e. The van der Waals surface area contributed by atoms with Crippen LogP contribution in [0.2, 0.25) is 0 Å². The summed E-state index contributed by atoms with van der Waals surface area (Å²) < 4.78 is 11.2. The summed E-state index contributed by atoms with van der Waals surface area (Å²) in [5, 5.41) is 0. The first kappa shape index (κ1) is 23.0. The first-order valence-corrected chi connectivity index (χ1v) is 13.2. The summed E-state index contributed by atoms with van der Waals surface area (Å²) in [6.45, 7) is 8.05. The minimum absolute atomic E-state index is 0.334. The Morgan fingerprint density at radius 3 is 2.39 bits per heavy atom. The van der Waals surface area contributed by atoms with E-state index in [1.165, 1.54) is 44.3 Å². The van der Waals surface area contributed by atoms with Gasteiger partial charge in [-0.05, 0) is 82.8 Å². The predicted molar refractivity (Wildman–Crippen MR) is 131 cm³/mol. The standard InChI is InChI=1S/C27H41N3O3/c1-28-12-10-23(11-13-28)25(31)19-22-7-5-21(6-8-22)9-14-29-15-17-30(18-16-29)24-3-2-4-26-27(24)33-20-32-26/h2-4,21-23H,5-20H2,1H3. The van der Waals surface area contributed by atoms with Gasteiger partial charge in [0.05, 0.1) is 5.69 Å². The lowest BCUT2D eigenvalue weighted by Gasteiger charge is -2.37. The molecule has 1 aromatic rings. The number of piperazine rings is 1. The minimum atomic E-state index is 0.334. The summed E-state index contributed by atoms with van der Waals surface area (Å²) in [6.07, 6.45) is 9.47. The Balaban J connectivity index is 0.993. The molecule has 1 aliphatic carbocycles. The number of fused-ring (bicyclic) bond motifs is 1. The average Bonchev–Trinajstić information content (AvgIpc) is 3.34. The summed E-state index contributed by atoms with van der Waals surface area (Å²) in [4.78, 5) is 20.2. The molecule has 2 saturated heterocycles. The van der Waals surface area contributed by atoms with Gasteiger partial charge in [-0.1, -0.05) is 18.9 Å². The molecular weight excluding hydrogens is 414 g/mol. The average molecular weight is 456 g/mol. The number of piperidine rings is 1. The number of hydrogen-bond donors (Lipinski definition) is 0. The zero-order valence-electron chi connectivity index (χ0n) is 20.3. The highest BCUT2D eigenvalue weighted by molar-refractivity contribution is 5.81. The number of nitrogens with zero attached hydrogens (tertiary/aromatic N) is 3.